The number of rotatable bonds is 11. The van der Waals surface area contributed by atoms with Crippen molar-refractivity contribution in [3.63, 3.8) is 0 Å². The molecule has 2 amide bonds. The van der Waals surface area contributed by atoms with E-state index in [0.717, 1.165) is 25.7 Å². The quantitative estimate of drug-likeness (QED) is 0.200. The molecule has 3 aromatic rings. The molecule has 3 N–H and O–H groups in total. The Morgan fingerprint density at radius 2 is 1.85 bits per heavy atom. The highest BCUT2D eigenvalue weighted by Crippen LogP contribution is 2.35. The van der Waals surface area contributed by atoms with Gasteiger partial charge in [-0.1, -0.05) is 9.24 Å². The van der Waals surface area contributed by atoms with E-state index < -0.39 is 11.6 Å². The van der Waals surface area contributed by atoms with Crippen LogP contribution in [0.5, 0.6) is 17.5 Å². The summed E-state index contributed by atoms with van der Waals surface area (Å²) < 4.78 is 37.6. The van der Waals surface area contributed by atoms with Crippen molar-refractivity contribution in [2.45, 2.75) is 38.5 Å². The molecule has 214 valence electrons. The molecule has 40 heavy (non-hydrogen) atoms. The van der Waals surface area contributed by atoms with Gasteiger partial charge in [-0.15, -0.1) is 0 Å². The highest BCUT2D eigenvalue weighted by molar-refractivity contribution is 7.17. The lowest BCUT2D eigenvalue weighted by Crippen LogP contribution is -2.29. The molecule has 1 aromatic carbocycles. The molecule has 1 saturated heterocycles. The van der Waals surface area contributed by atoms with Gasteiger partial charge in [0.15, 0.2) is 5.82 Å². The van der Waals surface area contributed by atoms with Gasteiger partial charge in [0.2, 0.25) is 18.2 Å². The minimum Gasteiger partial charge on any atom is -0.475 e. The van der Waals surface area contributed by atoms with Crippen molar-refractivity contribution in [3.05, 3.63) is 59.9 Å². The summed E-state index contributed by atoms with van der Waals surface area (Å²) in [6.07, 6.45) is 4.31. The Labute approximate surface area is 233 Å². The largest absolute Gasteiger partial charge is 0.475 e. The standard InChI is InChI=1S/C20H19F2N4O3P.C7H14N2O/c1-11(2)28-17-9-15(18(23)27)25-19(26-17)12-3-6-14(7-4-12)29-16-8-5-13(10-24-16)20(21,22)30;10-7-8-3-6-9-4-1-2-5-9/h3-11H,30H2,1-2H3,(H2,23,27);7H,1-6H2,(H,8,10). The highest BCUT2D eigenvalue weighted by atomic mass is 31.0. The second-order valence-electron chi connectivity index (χ2n) is 9.20. The number of nitrogens with zero attached hydrogens (tertiary/aromatic N) is 4. The normalized spacial score (nSPS) is 13.3. The molecule has 4 rings (SSSR count). The van der Waals surface area contributed by atoms with Gasteiger partial charge in [0.25, 0.3) is 11.6 Å². The number of carbonyl (C=O) groups is 2. The summed E-state index contributed by atoms with van der Waals surface area (Å²) in [5, 5.41) is 2.65. The van der Waals surface area contributed by atoms with Gasteiger partial charge in [-0.3, -0.25) is 9.59 Å². The highest BCUT2D eigenvalue weighted by Gasteiger charge is 2.24. The predicted octanol–water partition coefficient (Wildman–Crippen LogP) is 3.97. The van der Waals surface area contributed by atoms with Crippen molar-refractivity contribution >= 4 is 21.6 Å². The fourth-order valence-corrected chi connectivity index (χ4v) is 3.87. The van der Waals surface area contributed by atoms with E-state index in [1.807, 2.05) is 13.8 Å². The average Bonchev–Trinajstić information content (AvgIpc) is 3.43. The summed E-state index contributed by atoms with van der Waals surface area (Å²) in [6.45, 7) is 7.89. The van der Waals surface area contributed by atoms with Crippen LogP contribution in [0.4, 0.5) is 8.78 Å². The number of nitrogens with one attached hydrogen (secondary N) is 1. The number of alkyl halides is 2. The molecule has 0 saturated carbocycles. The molecule has 0 bridgehead atoms. The summed E-state index contributed by atoms with van der Waals surface area (Å²) in [7, 11) is 1.46. The third-order valence-electron chi connectivity index (χ3n) is 5.62. The van der Waals surface area contributed by atoms with Gasteiger partial charge in [-0.2, -0.15) is 13.8 Å². The van der Waals surface area contributed by atoms with Crippen molar-refractivity contribution in [2.75, 3.05) is 26.2 Å². The molecule has 1 aliphatic heterocycles. The van der Waals surface area contributed by atoms with E-state index in [2.05, 4.69) is 25.2 Å². The van der Waals surface area contributed by atoms with Gasteiger partial charge in [0.05, 0.1) is 6.10 Å². The molecule has 13 heteroatoms. The minimum atomic E-state index is -3.05. The maximum Gasteiger partial charge on any atom is 0.285 e. The molecular formula is C27H33F2N6O4P. The predicted molar refractivity (Wildman–Crippen MR) is 149 cm³/mol. The first-order valence-corrected chi connectivity index (χ1v) is 13.3. The zero-order valence-corrected chi connectivity index (χ0v) is 23.5. The zero-order chi connectivity index (χ0) is 29.1. The molecule has 1 fully saturated rings. The van der Waals surface area contributed by atoms with E-state index >= 15 is 0 Å². The van der Waals surface area contributed by atoms with Gasteiger partial charge >= 0.3 is 0 Å². The number of hydrogen-bond acceptors (Lipinski definition) is 8. The number of halogens is 2. The van der Waals surface area contributed by atoms with E-state index in [1.54, 1.807) is 24.3 Å². The van der Waals surface area contributed by atoms with Crippen LogP contribution in [0.3, 0.4) is 0 Å². The molecular weight excluding hydrogens is 541 g/mol. The lowest BCUT2D eigenvalue weighted by Gasteiger charge is -2.12. The first kappa shape index (κ1) is 30.8. The maximum absolute atomic E-state index is 13.2. The van der Waals surface area contributed by atoms with Crippen LogP contribution in [-0.4, -0.2) is 64.5 Å². The summed E-state index contributed by atoms with van der Waals surface area (Å²) in [5.74, 6) is 0.400. The number of pyridine rings is 1. The molecule has 0 aliphatic carbocycles. The first-order valence-electron chi connectivity index (χ1n) is 12.7. The second-order valence-corrected chi connectivity index (χ2v) is 9.93. The lowest BCUT2D eigenvalue weighted by atomic mass is 10.2. The van der Waals surface area contributed by atoms with E-state index in [9.17, 15) is 18.4 Å². The Balaban J connectivity index is 0.000000371. The SMILES string of the molecule is CC(C)Oc1cc(C(N)=O)nc(-c2ccc(Oc3ccc(C(F)(F)P)cn3)cc2)n1.O=CNCCN1CCCC1. The average molecular weight is 575 g/mol. The van der Waals surface area contributed by atoms with Crippen LogP contribution < -0.4 is 20.5 Å². The van der Waals surface area contributed by atoms with Gasteiger partial charge in [-0.25, -0.2) is 9.97 Å². The first-order chi connectivity index (χ1) is 19.0. The molecule has 0 spiro atoms. The number of aromatic nitrogens is 3. The summed E-state index contributed by atoms with van der Waals surface area (Å²) in [4.78, 5) is 36.1. The topological polar surface area (TPSA) is 133 Å². The Bertz CT molecular complexity index is 1250. The Morgan fingerprint density at radius 3 is 2.40 bits per heavy atom. The number of ether oxygens (including phenoxy) is 2. The third kappa shape index (κ3) is 9.77. The van der Waals surface area contributed by atoms with E-state index in [-0.39, 0.29) is 34.9 Å². The fourth-order valence-electron chi connectivity index (χ4n) is 3.70. The molecule has 3 heterocycles. The smallest absolute Gasteiger partial charge is 0.285 e. The number of benzene rings is 1. The second kappa shape index (κ2) is 14.6. The molecule has 1 aliphatic rings. The minimum absolute atomic E-state index is 0.0335. The van der Waals surface area contributed by atoms with Crippen molar-refractivity contribution < 1.29 is 27.8 Å². The molecule has 2 aromatic heterocycles. The van der Waals surface area contributed by atoms with Crippen molar-refractivity contribution in [1.82, 2.24) is 25.2 Å². The number of amides is 2. The third-order valence-corrected chi connectivity index (χ3v) is 5.96. The molecule has 0 radical (unpaired) electrons. The van der Waals surface area contributed by atoms with Gasteiger partial charge in [0.1, 0.15) is 11.4 Å². The van der Waals surface area contributed by atoms with Gasteiger partial charge in [-0.05, 0) is 70.1 Å². The number of primary amides is 1. The van der Waals surface area contributed by atoms with Crippen LogP contribution in [0.2, 0.25) is 0 Å². The molecule has 1 atom stereocenters. The van der Waals surface area contributed by atoms with E-state index in [4.69, 9.17) is 15.2 Å². The van der Waals surface area contributed by atoms with Crippen molar-refractivity contribution in [2.24, 2.45) is 5.73 Å². The van der Waals surface area contributed by atoms with Crippen LogP contribution in [0.15, 0.2) is 48.7 Å². The Morgan fingerprint density at radius 1 is 1.15 bits per heavy atom. The van der Waals surface area contributed by atoms with Gasteiger partial charge in [0, 0.05) is 42.5 Å². The molecule has 1 unspecified atom stereocenters. The molecule has 10 nitrogen and oxygen atoms in total. The van der Waals surface area contributed by atoms with E-state index in [0.29, 0.717) is 11.3 Å². The number of likely N-dealkylation sites (tertiary alicyclic amines) is 1. The summed E-state index contributed by atoms with van der Waals surface area (Å²) >= 11 is 0. The van der Waals surface area contributed by atoms with Crippen LogP contribution in [-0.2, 0) is 10.5 Å². The maximum atomic E-state index is 13.2. The fraction of sp³-hybridized carbons (Fsp3) is 0.370. The summed E-state index contributed by atoms with van der Waals surface area (Å²) in [5.41, 5.74) is 2.70. The summed E-state index contributed by atoms with van der Waals surface area (Å²) in [6, 6.07) is 10.6. The van der Waals surface area contributed by atoms with Crippen molar-refractivity contribution in [3.8, 4) is 28.9 Å². The van der Waals surface area contributed by atoms with Crippen LogP contribution in [0.25, 0.3) is 11.4 Å². The lowest BCUT2D eigenvalue weighted by molar-refractivity contribution is -0.109. The Kier molecular flexibility index (Phi) is 11.2. The van der Waals surface area contributed by atoms with Crippen molar-refractivity contribution in [1.29, 1.82) is 0 Å². The number of nitrogens with two attached hydrogens (primary N) is 1. The van der Waals surface area contributed by atoms with Crippen LogP contribution >= 0.6 is 9.24 Å². The van der Waals surface area contributed by atoms with Crippen LogP contribution in [0, 0.1) is 0 Å². The van der Waals surface area contributed by atoms with E-state index in [1.165, 1.54) is 53.4 Å². The Hall–Kier alpha value is -3.76. The van der Waals surface area contributed by atoms with Crippen LogP contribution in [0.1, 0.15) is 42.7 Å². The monoisotopic (exact) mass is 574 g/mol. The number of hydrogen-bond donors (Lipinski definition) is 2. The number of carbonyl (C=O) groups excluding carboxylic acids is 2. The van der Waals surface area contributed by atoms with Gasteiger partial charge < -0.3 is 25.4 Å². The zero-order valence-electron chi connectivity index (χ0n) is 22.3.